The molecule has 4 rings (SSSR count). The molecule has 0 saturated heterocycles. The van der Waals surface area contributed by atoms with Gasteiger partial charge in [0, 0.05) is 11.1 Å². The molecule has 7 heteroatoms. The van der Waals surface area contributed by atoms with Gasteiger partial charge in [-0.25, -0.2) is 9.48 Å². The number of aryl methyl sites for hydroxylation is 2. The van der Waals surface area contributed by atoms with Gasteiger partial charge in [0.1, 0.15) is 0 Å². The summed E-state index contributed by atoms with van der Waals surface area (Å²) in [4.78, 5) is 30.8. The first-order valence-electron chi connectivity index (χ1n) is 11.9. The number of carbonyl (C=O) groups is 2. The molecular weight excluding hydrogens is 440 g/mol. The van der Waals surface area contributed by atoms with Crippen LogP contribution < -0.4 is 5.32 Å². The molecule has 0 saturated carbocycles. The summed E-state index contributed by atoms with van der Waals surface area (Å²) in [6.07, 6.45) is 2.35. The molecule has 0 fully saturated rings. The van der Waals surface area contributed by atoms with Gasteiger partial charge >= 0.3 is 5.97 Å². The molecule has 0 atom stereocenters. The number of nitrogens with one attached hydrogen (secondary N) is 1. The van der Waals surface area contributed by atoms with Crippen molar-refractivity contribution in [1.29, 1.82) is 0 Å². The number of hydrogen-bond donors (Lipinski definition) is 1. The number of ether oxygens (including phenoxy) is 1. The average molecular weight is 471 g/mol. The fourth-order valence-electron chi connectivity index (χ4n) is 4.38. The van der Waals surface area contributed by atoms with Crippen LogP contribution >= 0.6 is 0 Å². The van der Waals surface area contributed by atoms with Gasteiger partial charge in [-0.05, 0) is 50.5 Å². The first kappa shape index (κ1) is 24.1. The number of amides is 1. The van der Waals surface area contributed by atoms with Gasteiger partial charge in [0.25, 0.3) is 5.91 Å². The Labute approximate surface area is 205 Å². The highest BCUT2D eigenvalue weighted by atomic mass is 16.5. The van der Waals surface area contributed by atoms with Crippen LogP contribution in [0.25, 0.3) is 16.6 Å². The van der Waals surface area contributed by atoms with E-state index in [1.807, 2.05) is 75.4 Å². The highest BCUT2D eigenvalue weighted by Gasteiger charge is 2.22. The first-order chi connectivity index (χ1) is 16.9. The van der Waals surface area contributed by atoms with Crippen molar-refractivity contribution in [3.8, 4) is 5.69 Å². The Hall–Kier alpha value is -4.00. The molecule has 0 radical (unpaired) electrons. The molecule has 0 unspecified atom stereocenters. The summed E-state index contributed by atoms with van der Waals surface area (Å²) in [5.74, 6) is -0.927. The Morgan fingerprint density at radius 1 is 1.00 bits per heavy atom. The minimum Gasteiger partial charge on any atom is -0.452 e. The van der Waals surface area contributed by atoms with E-state index in [9.17, 15) is 9.59 Å². The van der Waals surface area contributed by atoms with Crippen molar-refractivity contribution < 1.29 is 14.3 Å². The molecule has 0 aliphatic heterocycles. The van der Waals surface area contributed by atoms with Gasteiger partial charge in [-0.3, -0.25) is 9.78 Å². The maximum absolute atomic E-state index is 13.2. The van der Waals surface area contributed by atoms with Gasteiger partial charge in [0.2, 0.25) is 0 Å². The van der Waals surface area contributed by atoms with Gasteiger partial charge in [-0.15, -0.1) is 0 Å². The number of hydrogen-bond acceptors (Lipinski definition) is 5. The fourth-order valence-corrected chi connectivity index (χ4v) is 4.38. The summed E-state index contributed by atoms with van der Waals surface area (Å²) < 4.78 is 7.29. The molecular formula is C28H30N4O3. The van der Waals surface area contributed by atoms with Crippen molar-refractivity contribution in [3.05, 3.63) is 82.8 Å². The van der Waals surface area contributed by atoms with Crippen LogP contribution in [0.5, 0.6) is 0 Å². The van der Waals surface area contributed by atoms with Gasteiger partial charge in [0.05, 0.1) is 33.8 Å². The van der Waals surface area contributed by atoms with Crippen molar-refractivity contribution >= 4 is 28.5 Å². The van der Waals surface area contributed by atoms with E-state index in [0.29, 0.717) is 23.4 Å². The van der Waals surface area contributed by atoms with Crippen molar-refractivity contribution in [3.63, 3.8) is 0 Å². The summed E-state index contributed by atoms with van der Waals surface area (Å²) in [6.45, 7) is 7.42. The molecule has 1 amide bonds. The molecule has 180 valence electrons. The third-order valence-corrected chi connectivity index (χ3v) is 6.01. The number of benzene rings is 2. The number of fused-ring (bicyclic) bond motifs is 1. The van der Waals surface area contributed by atoms with Crippen LogP contribution in [0.2, 0.25) is 0 Å². The Balaban J connectivity index is 1.54. The van der Waals surface area contributed by atoms with Gasteiger partial charge in [-0.1, -0.05) is 56.7 Å². The number of carbonyl (C=O) groups excluding carboxylic acids is 2. The third-order valence-electron chi connectivity index (χ3n) is 6.01. The average Bonchev–Trinajstić information content (AvgIpc) is 3.15. The fraction of sp³-hybridized carbons (Fsp3) is 0.286. The first-order valence-corrected chi connectivity index (χ1v) is 11.9. The summed E-state index contributed by atoms with van der Waals surface area (Å²) >= 11 is 0. The normalized spacial score (nSPS) is 11.0. The number of rotatable bonds is 8. The molecule has 1 N–H and O–H groups in total. The van der Waals surface area contributed by atoms with Crippen LogP contribution in [0.3, 0.4) is 0 Å². The van der Waals surface area contributed by atoms with E-state index in [1.165, 1.54) is 0 Å². The lowest BCUT2D eigenvalue weighted by Gasteiger charge is -2.15. The van der Waals surface area contributed by atoms with Crippen LogP contribution in [-0.4, -0.2) is 33.2 Å². The summed E-state index contributed by atoms with van der Waals surface area (Å²) in [5.41, 5.74) is 6.04. The van der Waals surface area contributed by atoms with Gasteiger partial charge < -0.3 is 10.1 Å². The standard InChI is InChI=1S/C28H30N4O3/c1-5-12-23-21(6-2)26(22-15-10-11-16-24(22)29-23)28(34)35-17-25(33)30-27-18(3)31-32(19(27)4)20-13-8-7-9-14-20/h7-11,13-16H,5-6,12,17H2,1-4H3,(H,30,33). The van der Waals surface area contributed by atoms with Crippen LogP contribution in [0.1, 0.15) is 53.3 Å². The Kier molecular flexibility index (Phi) is 7.25. The maximum Gasteiger partial charge on any atom is 0.339 e. The molecule has 4 aromatic rings. The molecule has 0 bridgehead atoms. The Bertz CT molecular complexity index is 1380. The number of aromatic nitrogens is 3. The zero-order valence-electron chi connectivity index (χ0n) is 20.6. The van der Waals surface area contributed by atoms with E-state index in [1.54, 1.807) is 4.68 Å². The molecule has 7 nitrogen and oxygen atoms in total. The largest absolute Gasteiger partial charge is 0.452 e. The van der Waals surface area contributed by atoms with E-state index < -0.39 is 18.5 Å². The maximum atomic E-state index is 13.2. The minimum absolute atomic E-state index is 0.392. The van der Waals surface area contributed by atoms with Crippen LogP contribution in [0.4, 0.5) is 5.69 Å². The van der Waals surface area contributed by atoms with Gasteiger partial charge in [0.15, 0.2) is 6.61 Å². The SMILES string of the molecule is CCCc1nc2ccccc2c(C(=O)OCC(=O)Nc2c(C)nn(-c3ccccc3)c2C)c1CC. The topological polar surface area (TPSA) is 86.1 Å². The van der Waals surface area contributed by atoms with Crippen LogP contribution in [-0.2, 0) is 22.4 Å². The van der Waals surface area contributed by atoms with Crippen LogP contribution in [0, 0.1) is 13.8 Å². The lowest BCUT2D eigenvalue weighted by molar-refractivity contribution is -0.119. The Morgan fingerprint density at radius 3 is 2.43 bits per heavy atom. The monoisotopic (exact) mass is 470 g/mol. The van der Waals surface area contributed by atoms with E-state index >= 15 is 0 Å². The summed E-state index contributed by atoms with van der Waals surface area (Å²) in [7, 11) is 0. The second-order valence-corrected chi connectivity index (χ2v) is 8.45. The Morgan fingerprint density at radius 2 is 1.71 bits per heavy atom. The highest BCUT2D eigenvalue weighted by molar-refractivity contribution is 6.06. The van der Waals surface area contributed by atoms with Gasteiger partial charge in [-0.2, -0.15) is 5.10 Å². The van der Waals surface area contributed by atoms with E-state index in [2.05, 4.69) is 17.3 Å². The predicted octanol–water partition coefficient (Wildman–Crippen LogP) is 5.35. The van der Waals surface area contributed by atoms with E-state index in [-0.39, 0.29) is 0 Å². The lowest BCUT2D eigenvalue weighted by Crippen LogP contribution is -2.22. The lowest BCUT2D eigenvalue weighted by atomic mass is 9.96. The number of para-hydroxylation sites is 2. The number of pyridine rings is 1. The quantitative estimate of drug-likeness (QED) is 0.351. The smallest absolute Gasteiger partial charge is 0.339 e. The van der Waals surface area contributed by atoms with Crippen molar-refractivity contribution in [2.45, 2.75) is 47.0 Å². The van der Waals surface area contributed by atoms with Crippen molar-refractivity contribution in [2.75, 3.05) is 11.9 Å². The molecule has 2 heterocycles. The zero-order valence-corrected chi connectivity index (χ0v) is 20.6. The molecule has 0 aliphatic carbocycles. The second kappa shape index (κ2) is 10.5. The summed E-state index contributed by atoms with van der Waals surface area (Å²) in [5, 5.41) is 8.15. The van der Waals surface area contributed by atoms with Crippen LogP contribution in [0.15, 0.2) is 54.6 Å². The second-order valence-electron chi connectivity index (χ2n) is 8.45. The number of nitrogens with zero attached hydrogens (tertiary/aromatic N) is 3. The molecule has 2 aromatic carbocycles. The summed E-state index contributed by atoms with van der Waals surface area (Å²) in [6, 6.07) is 17.3. The van der Waals surface area contributed by atoms with Crippen molar-refractivity contribution in [1.82, 2.24) is 14.8 Å². The zero-order chi connectivity index (χ0) is 24.9. The number of anilines is 1. The molecule has 0 spiro atoms. The highest BCUT2D eigenvalue weighted by Crippen LogP contribution is 2.26. The molecule has 0 aliphatic rings. The van der Waals surface area contributed by atoms with E-state index in [0.717, 1.165) is 46.4 Å². The van der Waals surface area contributed by atoms with Crippen molar-refractivity contribution in [2.24, 2.45) is 0 Å². The van der Waals surface area contributed by atoms with E-state index in [4.69, 9.17) is 9.72 Å². The minimum atomic E-state index is -0.513. The predicted molar refractivity (Wildman–Crippen MR) is 137 cm³/mol. The molecule has 2 aromatic heterocycles. The third kappa shape index (κ3) is 4.94. The number of esters is 1. The molecule has 35 heavy (non-hydrogen) atoms.